The standard InChI is InChI=1S/C12H24N2O2/c1-3-11(13-4-2)6-5-7-14-8-9-16-10-12(14)15/h11,13H,3-10H2,1-2H3. The second-order valence-corrected chi connectivity index (χ2v) is 4.24. The molecule has 0 bridgehead atoms. The van der Waals surface area contributed by atoms with Gasteiger partial charge in [-0.1, -0.05) is 13.8 Å². The molecule has 1 atom stereocenters. The van der Waals surface area contributed by atoms with Crippen molar-refractivity contribution < 1.29 is 9.53 Å². The van der Waals surface area contributed by atoms with Crippen LogP contribution in [0.1, 0.15) is 33.1 Å². The van der Waals surface area contributed by atoms with Crippen LogP contribution in [0.2, 0.25) is 0 Å². The van der Waals surface area contributed by atoms with Crippen molar-refractivity contribution in [3.63, 3.8) is 0 Å². The predicted octanol–water partition coefficient (Wildman–Crippen LogP) is 1.01. The maximum atomic E-state index is 11.5. The lowest BCUT2D eigenvalue weighted by Gasteiger charge is -2.27. The predicted molar refractivity (Wildman–Crippen MR) is 64.4 cm³/mol. The fourth-order valence-electron chi connectivity index (χ4n) is 2.05. The first-order valence-electron chi connectivity index (χ1n) is 6.36. The number of hydrogen-bond acceptors (Lipinski definition) is 3. The maximum Gasteiger partial charge on any atom is 0.248 e. The highest BCUT2D eigenvalue weighted by atomic mass is 16.5. The lowest BCUT2D eigenvalue weighted by Crippen LogP contribution is -2.42. The van der Waals surface area contributed by atoms with Crippen LogP contribution in [0.3, 0.4) is 0 Å². The van der Waals surface area contributed by atoms with Gasteiger partial charge in [0.1, 0.15) is 6.61 Å². The Balaban J connectivity index is 2.15. The molecule has 1 aliphatic rings. The molecule has 4 heteroatoms. The fraction of sp³-hybridized carbons (Fsp3) is 0.917. The average Bonchev–Trinajstić information content (AvgIpc) is 2.30. The zero-order valence-electron chi connectivity index (χ0n) is 10.5. The molecule has 94 valence electrons. The lowest BCUT2D eigenvalue weighted by atomic mass is 10.1. The zero-order valence-corrected chi connectivity index (χ0v) is 10.5. The van der Waals surface area contributed by atoms with Crippen LogP contribution in [0.4, 0.5) is 0 Å². The summed E-state index contributed by atoms with van der Waals surface area (Å²) < 4.78 is 5.10. The topological polar surface area (TPSA) is 41.6 Å². The molecule has 0 aromatic heterocycles. The number of nitrogens with zero attached hydrogens (tertiary/aromatic N) is 1. The Morgan fingerprint density at radius 1 is 1.50 bits per heavy atom. The summed E-state index contributed by atoms with van der Waals surface area (Å²) in [6.07, 6.45) is 3.39. The largest absolute Gasteiger partial charge is 0.370 e. The van der Waals surface area contributed by atoms with E-state index in [0.717, 1.165) is 38.9 Å². The zero-order chi connectivity index (χ0) is 11.8. The number of ether oxygens (including phenoxy) is 1. The molecular formula is C12H24N2O2. The summed E-state index contributed by atoms with van der Waals surface area (Å²) in [5.41, 5.74) is 0. The third kappa shape index (κ3) is 4.49. The highest BCUT2D eigenvalue weighted by molar-refractivity contribution is 5.77. The second-order valence-electron chi connectivity index (χ2n) is 4.24. The molecule has 1 saturated heterocycles. The van der Waals surface area contributed by atoms with Gasteiger partial charge in [-0.2, -0.15) is 0 Å². The van der Waals surface area contributed by atoms with Crippen LogP contribution in [0, 0.1) is 0 Å². The number of nitrogens with one attached hydrogen (secondary N) is 1. The Morgan fingerprint density at radius 2 is 2.31 bits per heavy atom. The van der Waals surface area contributed by atoms with Gasteiger partial charge in [-0.3, -0.25) is 4.79 Å². The van der Waals surface area contributed by atoms with Gasteiger partial charge in [0.25, 0.3) is 0 Å². The van der Waals surface area contributed by atoms with Crippen LogP contribution in [-0.2, 0) is 9.53 Å². The van der Waals surface area contributed by atoms with Crippen LogP contribution in [-0.4, -0.2) is 49.7 Å². The first-order chi connectivity index (χ1) is 7.77. The van der Waals surface area contributed by atoms with E-state index in [1.54, 1.807) is 0 Å². The van der Waals surface area contributed by atoms with Crippen molar-refractivity contribution in [2.24, 2.45) is 0 Å². The van der Waals surface area contributed by atoms with Crippen molar-refractivity contribution >= 4 is 5.91 Å². The number of carbonyl (C=O) groups is 1. The molecule has 0 aromatic rings. The third-order valence-corrected chi connectivity index (χ3v) is 3.05. The Bertz CT molecular complexity index is 209. The Labute approximate surface area is 98.3 Å². The number of carbonyl (C=O) groups excluding carboxylic acids is 1. The highest BCUT2D eigenvalue weighted by Gasteiger charge is 2.17. The molecule has 1 fully saturated rings. The second kappa shape index (κ2) is 7.63. The molecule has 4 nitrogen and oxygen atoms in total. The third-order valence-electron chi connectivity index (χ3n) is 3.05. The van der Waals surface area contributed by atoms with Crippen molar-refractivity contribution in [1.29, 1.82) is 0 Å². The Hall–Kier alpha value is -0.610. The molecule has 1 unspecified atom stereocenters. The van der Waals surface area contributed by atoms with Crippen LogP contribution in [0.15, 0.2) is 0 Å². The van der Waals surface area contributed by atoms with E-state index in [0.29, 0.717) is 12.6 Å². The van der Waals surface area contributed by atoms with Gasteiger partial charge < -0.3 is 15.0 Å². The highest BCUT2D eigenvalue weighted by Crippen LogP contribution is 2.05. The van der Waals surface area contributed by atoms with E-state index in [1.807, 2.05) is 4.90 Å². The van der Waals surface area contributed by atoms with Crippen LogP contribution >= 0.6 is 0 Å². The summed E-state index contributed by atoms with van der Waals surface area (Å²) in [7, 11) is 0. The van der Waals surface area contributed by atoms with E-state index in [-0.39, 0.29) is 12.5 Å². The monoisotopic (exact) mass is 228 g/mol. The van der Waals surface area contributed by atoms with Crippen molar-refractivity contribution in [3.05, 3.63) is 0 Å². The lowest BCUT2D eigenvalue weighted by molar-refractivity contribution is -0.142. The van der Waals surface area contributed by atoms with Gasteiger partial charge >= 0.3 is 0 Å². The van der Waals surface area contributed by atoms with E-state index in [1.165, 1.54) is 0 Å². The van der Waals surface area contributed by atoms with Gasteiger partial charge in [-0.15, -0.1) is 0 Å². The molecule has 0 aliphatic carbocycles. The first kappa shape index (κ1) is 13.5. The fourth-order valence-corrected chi connectivity index (χ4v) is 2.05. The SMILES string of the molecule is CCNC(CC)CCCN1CCOCC1=O. The van der Waals surface area contributed by atoms with Crippen molar-refractivity contribution in [2.45, 2.75) is 39.2 Å². The summed E-state index contributed by atoms with van der Waals surface area (Å²) in [6.45, 7) is 7.96. The Morgan fingerprint density at radius 3 is 2.94 bits per heavy atom. The quantitative estimate of drug-likeness (QED) is 0.707. The minimum absolute atomic E-state index is 0.141. The average molecular weight is 228 g/mol. The number of hydrogen-bond donors (Lipinski definition) is 1. The summed E-state index contributed by atoms with van der Waals surface area (Å²) in [5, 5.41) is 3.45. The van der Waals surface area contributed by atoms with E-state index in [2.05, 4.69) is 19.2 Å². The van der Waals surface area contributed by atoms with Crippen LogP contribution < -0.4 is 5.32 Å². The van der Waals surface area contributed by atoms with Gasteiger partial charge in [0.2, 0.25) is 5.91 Å². The van der Waals surface area contributed by atoms with Gasteiger partial charge in [-0.25, -0.2) is 0 Å². The molecule has 1 rings (SSSR count). The summed E-state index contributed by atoms with van der Waals surface area (Å²) >= 11 is 0. The molecule has 0 spiro atoms. The summed E-state index contributed by atoms with van der Waals surface area (Å²) in [6, 6.07) is 0.598. The van der Waals surface area contributed by atoms with Crippen LogP contribution in [0.25, 0.3) is 0 Å². The van der Waals surface area contributed by atoms with Crippen LogP contribution in [0.5, 0.6) is 0 Å². The van der Waals surface area contributed by atoms with Gasteiger partial charge in [-0.05, 0) is 25.8 Å². The van der Waals surface area contributed by atoms with E-state index in [9.17, 15) is 4.79 Å². The van der Waals surface area contributed by atoms with Gasteiger partial charge in [0.05, 0.1) is 6.61 Å². The molecule has 0 radical (unpaired) electrons. The molecule has 1 N–H and O–H groups in total. The molecular weight excluding hydrogens is 204 g/mol. The van der Waals surface area contributed by atoms with E-state index in [4.69, 9.17) is 4.74 Å². The van der Waals surface area contributed by atoms with E-state index < -0.39 is 0 Å². The normalized spacial score (nSPS) is 18.9. The van der Waals surface area contributed by atoms with Crippen molar-refractivity contribution in [2.75, 3.05) is 32.8 Å². The molecule has 1 amide bonds. The smallest absolute Gasteiger partial charge is 0.248 e. The maximum absolute atomic E-state index is 11.5. The molecule has 0 aromatic carbocycles. The Kier molecular flexibility index (Phi) is 6.42. The van der Waals surface area contributed by atoms with Gasteiger partial charge in [0.15, 0.2) is 0 Å². The molecule has 0 saturated carbocycles. The van der Waals surface area contributed by atoms with E-state index >= 15 is 0 Å². The number of amides is 1. The van der Waals surface area contributed by atoms with Gasteiger partial charge in [0, 0.05) is 19.1 Å². The van der Waals surface area contributed by atoms with Crippen molar-refractivity contribution in [1.82, 2.24) is 10.2 Å². The number of rotatable bonds is 7. The molecule has 16 heavy (non-hydrogen) atoms. The van der Waals surface area contributed by atoms with Crippen molar-refractivity contribution in [3.8, 4) is 0 Å². The summed E-state index contributed by atoms with van der Waals surface area (Å²) in [4.78, 5) is 13.4. The molecule has 1 aliphatic heterocycles. The molecule has 1 heterocycles. The number of morpholine rings is 1. The minimum Gasteiger partial charge on any atom is -0.370 e. The first-order valence-corrected chi connectivity index (χ1v) is 6.36. The minimum atomic E-state index is 0.141. The summed E-state index contributed by atoms with van der Waals surface area (Å²) in [5.74, 6) is 0.141.